The van der Waals surface area contributed by atoms with Crippen LogP contribution in [0.4, 0.5) is 0 Å². The van der Waals surface area contributed by atoms with Crippen LogP contribution >= 0.6 is 0 Å². The molecule has 1 aromatic heterocycles. The molecule has 3 N–H and O–H groups in total. The summed E-state index contributed by atoms with van der Waals surface area (Å²) in [6, 6.07) is 0. The Balaban J connectivity index is 2.31. The summed E-state index contributed by atoms with van der Waals surface area (Å²) in [6.45, 7) is 7.28. The molecule has 118 valence electrons. The minimum atomic E-state index is -3.98. The smallest absolute Gasteiger partial charge is 0.275 e. The van der Waals surface area contributed by atoms with Crippen molar-refractivity contribution in [1.82, 2.24) is 15.1 Å². The van der Waals surface area contributed by atoms with Crippen LogP contribution in [0.15, 0.2) is 4.90 Å². The van der Waals surface area contributed by atoms with Crippen LogP contribution in [-0.2, 0) is 16.4 Å². The number of H-pyrrole nitrogens is 1. The first-order valence-electron chi connectivity index (χ1n) is 7.15. The Morgan fingerprint density at radius 3 is 2.67 bits per heavy atom. The van der Waals surface area contributed by atoms with Gasteiger partial charge in [0.15, 0.2) is 5.69 Å². The summed E-state index contributed by atoms with van der Waals surface area (Å²) < 4.78 is 23.5. The Bertz CT molecular complexity index is 636. The molecule has 1 aliphatic rings. The number of nitrogens with one attached hydrogen (secondary N) is 1. The Morgan fingerprint density at radius 2 is 2.19 bits per heavy atom. The van der Waals surface area contributed by atoms with Gasteiger partial charge >= 0.3 is 0 Å². The molecule has 0 aromatic carbocycles. The molecular weight excluding hydrogens is 292 g/mol. The zero-order valence-corrected chi connectivity index (χ0v) is 13.4. The average Bonchev–Trinajstić information content (AvgIpc) is 3.03. The molecule has 1 aliphatic heterocycles. The van der Waals surface area contributed by atoms with E-state index in [-0.39, 0.29) is 16.5 Å². The molecular formula is C13H22N4O3S. The molecule has 0 spiro atoms. The lowest BCUT2D eigenvalue weighted by atomic mass is 9.95. The van der Waals surface area contributed by atoms with Crippen molar-refractivity contribution in [3.63, 3.8) is 0 Å². The molecule has 0 saturated carbocycles. The number of aromatic amines is 1. The largest absolute Gasteiger partial charge is 0.337 e. The average molecular weight is 314 g/mol. The number of nitrogens with two attached hydrogens (primary N) is 1. The summed E-state index contributed by atoms with van der Waals surface area (Å²) in [7, 11) is -3.98. The first-order chi connectivity index (χ1) is 9.75. The second kappa shape index (κ2) is 5.76. The van der Waals surface area contributed by atoms with Gasteiger partial charge in [-0.2, -0.15) is 5.10 Å². The third kappa shape index (κ3) is 3.11. The van der Waals surface area contributed by atoms with Crippen LogP contribution in [0.5, 0.6) is 0 Å². The molecule has 1 unspecified atom stereocenters. The van der Waals surface area contributed by atoms with E-state index in [1.807, 2.05) is 0 Å². The Labute approximate surface area is 124 Å². The van der Waals surface area contributed by atoms with Crippen LogP contribution in [0.1, 0.15) is 43.4 Å². The van der Waals surface area contributed by atoms with Gasteiger partial charge in [-0.25, -0.2) is 13.6 Å². The quantitative estimate of drug-likeness (QED) is 0.854. The van der Waals surface area contributed by atoms with Gasteiger partial charge in [-0.05, 0) is 24.7 Å². The molecule has 21 heavy (non-hydrogen) atoms. The Hall–Kier alpha value is -1.41. The van der Waals surface area contributed by atoms with E-state index in [0.29, 0.717) is 37.0 Å². The maximum atomic E-state index is 12.5. The molecule has 1 saturated heterocycles. The fraction of sp³-hybridized carbons (Fsp3) is 0.692. The van der Waals surface area contributed by atoms with Crippen LogP contribution in [0.3, 0.4) is 0 Å². The topological polar surface area (TPSA) is 109 Å². The molecule has 0 aliphatic carbocycles. The highest BCUT2D eigenvalue weighted by Gasteiger charge is 2.34. The molecule has 8 heteroatoms. The van der Waals surface area contributed by atoms with Crippen molar-refractivity contribution in [1.29, 1.82) is 0 Å². The zero-order valence-electron chi connectivity index (χ0n) is 12.6. The highest BCUT2D eigenvalue weighted by Crippen LogP contribution is 2.26. The van der Waals surface area contributed by atoms with E-state index in [4.69, 9.17) is 5.14 Å². The first kappa shape index (κ1) is 16.0. The van der Waals surface area contributed by atoms with Gasteiger partial charge in [-0.3, -0.25) is 9.89 Å². The van der Waals surface area contributed by atoms with Crippen LogP contribution in [0, 0.1) is 11.8 Å². The van der Waals surface area contributed by atoms with Crippen LogP contribution < -0.4 is 5.14 Å². The highest BCUT2D eigenvalue weighted by molar-refractivity contribution is 7.89. The second-order valence-electron chi connectivity index (χ2n) is 5.82. The predicted octanol–water partition coefficient (Wildman–Crippen LogP) is 0.738. The van der Waals surface area contributed by atoms with Crippen molar-refractivity contribution in [2.24, 2.45) is 17.0 Å². The van der Waals surface area contributed by atoms with Gasteiger partial charge in [-0.15, -0.1) is 0 Å². The Kier molecular flexibility index (Phi) is 4.38. The molecule has 1 fully saturated rings. The number of carbonyl (C=O) groups is 1. The van der Waals surface area contributed by atoms with Crippen molar-refractivity contribution < 1.29 is 13.2 Å². The standard InChI is InChI=1S/C13H22N4O3S/c1-4-10-12(21(14,19)20)11(16-15-10)13(18)17-6-5-9(7-17)8(2)3/h8-9H,4-7H2,1-3H3,(H,15,16)(H2,14,19,20). The highest BCUT2D eigenvalue weighted by atomic mass is 32.2. The molecule has 1 aromatic rings. The summed E-state index contributed by atoms with van der Waals surface area (Å²) in [5.74, 6) is 0.570. The summed E-state index contributed by atoms with van der Waals surface area (Å²) in [6.07, 6.45) is 1.35. The van der Waals surface area contributed by atoms with Crippen molar-refractivity contribution in [3.05, 3.63) is 11.4 Å². The van der Waals surface area contributed by atoms with Crippen molar-refractivity contribution >= 4 is 15.9 Å². The van der Waals surface area contributed by atoms with E-state index in [2.05, 4.69) is 24.0 Å². The number of aryl methyl sites for hydroxylation is 1. The predicted molar refractivity (Wildman–Crippen MR) is 78.2 cm³/mol. The van der Waals surface area contributed by atoms with E-state index in [0.717, 1.165) is 6.42 Å². The number of likely N-dealkylation sites (tertiary alicyclic amines) is 1. The third-order valence-electron chi connectivity index (χ3n) is 4.09. The normalized spacial score (nSPS) is 19.5. The fourth-order valence-corrected chi connectivity index (χ4v) is 3.66. The summed E-state index contributed by atoms with van der Waals surface area (Å²) in [4.78, 5) is 14.0. The molecule has 7 nitrogen and oxygen atoms in total. The van der Waals surface area contributed by atoms with Gasteiger partial charge in [0, 0.05) is 13.1 Å². The van der Waals surface area contributed by atoms with E-state index < -0.39 is 10.0 Å². The number of primary sulfonamides is 1. The first-order valence-corrected chi connectivity index (χ1v) is 8.69. The van der Waals surface area contributed by atoms with E-state index in [1.165, 1.54) is 0 Å². The fourth-order valence-electron chi connectivity index (χ4n) is 2.72. The van der Waals surface area contributed by atoms with Crippen LogP contribution in [0.2, 0.25) is 0 Å². The van der Waals surface area contributed by atoms with E-state index in [9.17, 15) is 13.2 Å². The number of hydrogen-bond acceptors (Lipinski definition) is 4. The number of sulfonamides is 1. The molecule has 2 heterocycles. The lowest BCUT2D eigenvalue weighted by molar-refractivity contribution is 0.0774. The number of hydrogen-bond donors (Lipinski definition) is 2. The molecule has 1 atom stereocenters. The number of amides is 1. The van der Waals surface area contributed by atoms with Gasteiger partial charge in [0.25, 0.3) is 5.91 Å². The van der Waals surface area contributed by atoms with Crippen molar-refractivity contribution in [3.8, 4) is 0 Å². The Morgan fingerprint density at radius 1 is 1.52 bits per heavy atom. The SMILES string of the molecule is CCc1[nH]nc(C(=O)N2CCC(C(C)C)C2)c1S(N)(=O)=O. The van der Waals surface area contributed by atoms with Crippen molar-refractivity contribution in [2.45, 2.75) is 38.5 Å². The number of rotatable bonds is 4. The zero-order chi connectivity index (χ0) is 15.8. The molecule has 1 amide bonds. The summed E-state index contributed by atoms with van der Waals surface area (Å²) >= 11 is 0. The monoisotopic (exact) mass is 314 g/mol. The minimum absolute atomic E-state index is 0.0845. The van der Waals surface area contributed by atoms with Gasteiger partial charge in [0.1, 0.15) is 4.90 Å². The van der Waals surface area contributed by atoms with Gasteiger partial charge in [0.2, 0.25) is 10.0 Å². The third-order valence-corrected chi connectivity index (χ3v) is 5.10. The molecule has 2 rings (SSSR count). The van der Waals surface area contributed by atoms with Gasteiger partial charge < -0.3 is 4.90 Å². The molecule has 0 bridgehead atoms. The minimum Gasteiger partial charge on any atom is -0.337 e. The van der Waals surface area contributed by atoms with Crippen molar-refractivity contribution in [2.75, 3.05) is 13.1 Å². The molecule has 0 radical (unpaired) electrons. The van der Waals surface area contributed by atoms with Gasteiger partial charge in [-0.1, -0.05) is 20.8 Å². The van der Waals surface area contributed by atoms with Crippen LogP contribution in [0.25, 0.3) is 0 Å². The lowest BCUT2D eigenvalue weighted by Gasteiger charge is -2.17. The summed E-state index contributed by atoms with van der Waals surface area (Å²) in [5, 5.41) is 11.7. The number of aromatic nitrogens is 2. The van der Waals surface area contributed by atoms with Crippen LogP contribution in [-0.4, -0.2) is 42.5 Å². The number of nitrogens with zero attached hydrogens (tertiary/aromatic N) is 2. The number of carbonyl (C=O) groups excluding carboxylic acids is 1. The maximum Gasteiger partial charge on any atom is 0.275 e. The maximum absolute atomic E-state index is 12.5. The lowest BCUT2D eigenvalue weighted by Crippen LogP contribution is -2.31. The second-order valence-corrected chi connectivity index (χ2v) is 7.32. The van der Waals surface area contributed by atoms with E-state index in [1.54, 1.807) is 11.8 Å². The van der Waals surface area contributed by atoms with Gasteiger partial charge in [0.05, 0.1) is 5.69 Å². The van der Waals surface area contributed by atoms with E-state index >= 15 is 0 Å². The summed E-state index contributed by atoms with van der Waals surface area (Å²) in [5.41, 5.74) is 0.291.